The Hall–Kier alpha value is -1.89. The molecular weight excluding hydrogens is 279 g/mol. The van der Waals surface area contributed by atoms with E-state index in [4.69, 9.17) is 9.47 Å². The second-order valence-corrected chi connectivity index (χ2v) is 4.91. The fourth-order valence-corrected chi connectivity index (χ4v) is 2.36. The molecule has 0 bridgehead atoms. The quantitative estimate of drug-likeness (QED) is 0.459. The fraction of sp³-hybridized carbons (Fsp3) is 0.571. The van der Waals surface area contributed by atoms with Crippen molar-refractivity contribution >= 4 is 5.69 Å². The first-order valence-electron chi connectivity index (χ1n) is 6.95. The first kappa shape index (κ1) is 15.5. The van der Waals surface area contributed by atoms with Crippen molar-refractivity contribution in [1.29, 1.82) is 0 Å². The summed E-state index contributed by atoms with van der Waals surface area (Å²) in [4.78, 5) is 12.0. The summed E-state index contributed by atoms with van der Waals surface area (Å²) in [5.74, 6) is 0.732. The SMILES string of the molecule is COc1cc([N+](=O)[O-])ccc1OCCN1CCCCC1F. The summed E-state index contributed by atoms with van der Waals surface area (Å²) in [6.45, 7) is 1.54. The van der Waals surface area contributed by atoms with Crippen LogP contribution in [0.25, 0.3) is 0 Å². The molecule has 0 spiro atoms. The molecule has 0 saturated carbocycles. The number of ether oxygens (including phenoxy) is 2. The number of nitro benzene ring substituents is 1. The van der Waals surface area contributed by atoms with Gasteiger partial charge >= 0.3 is 0 Å². The van der Waals surface area contributed by atoms with Gasteiger partial charge in [-0.15, -0.1) is 0 Å². The van der Waals surface area contributed by atoms with E-state index in [2.05, 4.69) is 0 Å². The number of non-ortho nitro benzene ring substituents is 1. The van der Waals surface area contributed by atoms with Crippen LogP contribution in [0, 0.1) is 10.1 Å². The van der Waals surface area contributed by atoms with Crippen LogP contribution in [0.15, 0.2) is 18.2 Å². The van der Waals surface area contributed by atoms with Gasteiger partial charge in [0.15, 0.2) is 17.8 Å². The van der Waals surface area contributed by atoms with E-state index in [0.29, 0.717) is 31.1 Å². The van der Waals surface area contributed by atoms with Crippen LogP contribution in [0.1, 0.15) is 19.3 Å². The highest BCUT2D eigenvalue weighted by molar-refractivity contribution is 5.48. The standard InChI is InChI=1S/C14H19FN2O4/c1-20-13-10-11(17(18)19)5-6-12(13)21-9-8-16-7-3-2-4-14(16)15/h5-6,10,14H,2-4,7-9H2,1H3. The summed E-state index contributed by atoms with van der Waals surface area (Å²) in [6.07, 6.45) is 1.60. The number of benzene rings is 1. The third-order valence-electron chi connectivity index (χ3n) is 3.53. The van der Waals surface area contributed by atoms with Gasteiger partial charge in [-0.1, -0.05) is 0 Å². The van der Waals surface area contributed by atoms with Crippen molar-refractivity contribution in [2.75, 3.05) is 26.8 Å². The minimum atomic E-state index is -0.902. The number of piperidine rings is 1. The highest BCUT2D eigenvalue weighted by Gasteiger charge is 2.21. The normalized spacial score (nSPS) is 19.2. The maximum absolute atomic E-state index is 13.6. The molecule has 21 heavy (non-hydrogen) atoms. The van der Waals surface area contributed by atoms with E-state index in [-0.39, 0.29) is 5.69 Å². The molecule has 6 nitrogen and oxygen atoms in total. The Bertz CT molecular complexity index is 498. The predicted molar refractivity (Wildman–Crippen MR) is 75.5 cm³/mol. The van der Waals surface area contributed by atoms with Crippen LogP contribution in [-0.2, 0) is 0 Å². The van der Waals surface area contributed by atoms with Crippen molar-refractivity contribution in [3.8, 4) is 11.5 Å². The van der Waals surface area contributed by atoms with Gasteiger partial charge in [-0.05, 0) is 25.3 Å². The molecule has 7 heteroatoms. The maximum Gasteiger partial charge on any atom is 0.273 e. The maximum atomic E-state index is 13.6. The molecule has 0 N–H and O–H groups in total. The molecule has 1 heterocycles. The van der Waals surface area contributed by atoms with Gasteiger partial charge < -0.3 is 9.47 Å². The van der Waals surface area contributed by atoms with E-state index in [0.717, 1.165) is 19.4 Å². The van der Waals surface area contributed by atoms with Crippen LogP contribution in [0.2, 0.25) is 0 Å². The van der Waals surface area contributed by atoms with E-state index >= 15 is 0 Å². The van der Waals surface area contributed by atoms with E-state index in [9.17, 15) is 14.5 Å². The zero-order valence-corrected chi connectivity index (χ0v) is 12.0. The van der Waals surface area contributed by atoms with Gasteiger partial charge in [0, 0.05) is 19.2 Å². The van der Waals surface area contributed by atoms with E-state index in [1.54, 1.807) is 4.90 Å². The van der Waals surface area contributed by atoms with Gasteiger partial charge in [-0.25, -0.2) is 4.39 Å². The second kappa shape index (κ2) is 7.21. The topological polar surface area (TPSA) is 64.8 Å². The first-order valence-corrected chi connectivity index (χ1v) is 6.95. The van der Waals surface area contributed by atoms with Crippen molar-refractivity contribution in [2.45, 2.75) is 25.6 Å². The number of hydrogen-bond donors (Lipinski definition) is 0. The van der Waals surface area contributed by atoms with Crippen molar-refractivity contribution in [3.05, 3.63) is 28.3 Å². The van der Waals surface area contributed by atoms with Gasteiger partial charge in [0.2, 0.25) is 0 Å². The zero-order valence-electron chi connectivity index (χ0n) is 12.0. The molecule has 0 aliphatic carbocycles. The molecule has 116 valence electrons. The number of methoxy groups -OCH3 is 1. The lowest BCUT2D eigenvalue weighted by Gasteiger charge is -2.30. The highest BCUT2D eigenvalue weighted by atomic mass is 19.1. The van der Waals surface area contributed by atoms with Crippen LogP contribution in [0.4, 0.5) is 10.1 Å². The highest BCUT2D eigenvalue weighted by Crippen LogP contribution is 2.31. The Kier molecular flexibility index (Phi) is 5.32. The summed E-state index contributed by atoms with van der Waals surface area (Å²) < 4.78 is 24.3. The minimum Gasteiger partial charge on any atom is -0.493 e. The molecule has 2 rings (SSSR count). The smallest absolute Gasteiger partial charge is 0.273 e. The zero-order chi connectivity index (χ0) is 15.2. The van der Waals surface area contributed by atoms with E-state index in [1.807, 2.05) is 0 Å². The molecular formula is C14H19FN2O4. The van der Waals surface area contributed by atoms with Gasteiger partial charge in [0.1, 0.15) is 6.61 Å². The Morgan fingerprint density at radius 3 is 2.90 bits per heavy atom. The Morgan fingerprint density at radius 2 is 2.24 bits per heavy atom. The van der Waals surface area contributed by atoms with Gasteiger partial charge in [0.25, 0.3) is 5.69 Å². The average Bonchev–Trinajstić information content (AvgIpc) is 2.49. The molecule has 1 fully saturated rings. The summed E-state index contributed by atoms with van der Waals surface area (Å²) in [7, 11) is 1.42. The number of nitrogens with zero attached hydrogens (tertiary/aromatic N) is 2. The number of alkyl halides is 1. The molecule has 1 unspecified atom stereocenters. The Labute approximate surface area is 122 Å². The van der Waals surface area contributed by atoms with Gasteiger partial charge in [-0.2, -0.15) is 0 Å². The lowest BCUT2D eigenvalue weighted by atomic mass is 10.1. The summed E-state index contributed by atoms with van der Waals surface area (Å²) in [5, 5.41) is 10.7. The van der Waals surface area contributed by atoms with E-state index < -0.39 is 11.2 Å². The number of hydrogen-bond acceptors (Lipinski definition) is 5. The fourth-order valence-electron chi connectivity index (χ4n) is 2.36. The van der Waals surface area contributed by atoms with Crippen molar-refractivity contribution in [3.63, 3.8) is 0 Å². The lowest BCUT2D eigenvalue weighted by Crippen LogP contribution is -2.39. The molecule has 0 amide bonds. The largest absolute Gasteiger partial charge is 0.493 e. The molecule has 1 aromatic rings. The van der Waals surface area contributed by atoms with Crippen molar-refractivity contribution in [1.82, 2.24) is 4.90 Å². The molecule has 1 aliphatic rings. The third kappa shape index (κ3) is 4.04. The molecule has 1 aliphatic heterocycles. The van der Waals surface area contributed by atoms with Crippen LogP contribution < -0.4 is 9.47 Å². The molecule has 0 aromatic heterocycles. The predicted octanol–water partition coefficient (Wildman–Crippen LogP) is 2.76. The van der Waals surface area contributed by atoms with Crippen molar-refractivity contribution < 1.29 is 18.8 Å². The molecule has 1 aromatic carbocycles. The first-order chi connectivity index (χ1) is 10.1. The van der Waals surface area contributed by atoms with Crippen LogP contribution in [0.5, 0.6) is 11.5 Å². The Morgan fingerprint density at radius 1 is 1.43 bits per heavy atom. The number of likely N-dealkylation sites (tertiary alicyclic amines) is 1. The Balaban J connectivity index is 1.91. The number of rotatable bonds is 6. The van der Waals surface area contributed by atoms with Crippen LogP contribution in [0.3, 0.4) is 0 Å². The molecule has 1 atom stereocenters. The summed E-state index contributed by atoms with van der Waals surface area (Å²) in [5.41, 5.74) is -0.0564. The van der Waals surface area contributed by atoms with Crippen LogP contribution >= 0.6 is 0 Å². The van der Waals surface area contributed by atoms with Crippen molar-refractivity contribution in [2.24, 2.45) is 0 Å². The average molecular weight is 298 g/mol. The minimum absolute atomic E-state index is 0.0564. The molecule has 1 saturated heterocycles. The summed E-state index contributed by atoms with van der Waals surface area (Å²) >= 11 is 0. The van der Waals surface area contributed by atoms with Gasteiger partial charge in [-0.3, -0.25) is 15.0 Å². The monoisotopic (exact) mass is 298 g/mol. The lowest BCUT2D eigenvalue weighted by molar-refractivity contribution is -0.384. The van der Waals surface area contributed by atoms with Crippen LogP contribution in [-0.4, -0.2) is 42.9 Å². The second-order valence-electron chi connectivity index (χ2n) is 4.91. The summed E-state index contributed by atoms with van der Waals surface area (Å²) in [6, 6.07) is 4.17. The number of halogens is 1. The molecule has 0 radical (unpaired) electrons. The number of nitro groups is 1. The van der Waals surface area contributed by atoms with E-state index in [1.165, 1.54) is 25.3 Å². The van der Waals surface area contributed by atoms with Gasteiger partial charge in [0.05, 0.1) is 18.1 Å². The third-order valence-corrected chi connectivity index (χ3v) is 3.53.